The maximum Gasteiger partial charge on any atom is 0.323 e. The van der Waals surface area contributed by atoms with Gasteiger partial charge in [0.25, 0.3) is 0 Å². The molecule has 7 nitrogen and oxygen atoms in total. The lowest BCUT2D eigenvalue weighted by Gasteiger charge is -2.13. The fourth-order valence-electron chi connectivity index (χ4n) is 2.30. The van der Waals surface area contributed by atoms with E-state index in [9.17, 15) is 14.0 Å². The van der Waals surface area contributed by atoms with E-state index in [-0.39, 0.29) is 18.7 Å². The highest BCUT2D eigenvalue weighted by atomic mass is 19.1. The van der Waals surface area contributed by atoms with Crippen LogP contribution in [0.25, 0.3) is 0 Å². The molecule has 0 radical (unpaired) electrons. The van der Waals surface area contributed by atoms with E-state index in [1.807, 2.05) is 0 Å². The first kappa shape index (κ1) is 20.2. The summed E-state index contributed by atoms with van der Waals surface area (Å²) >= 11 is 0. The molecule has 0 unspecified atom stereocenters. The number of hydrogen-bond donors (Lipinski definition) is 3. The van der Waals surface area contributed by atoms with Gasteiger partial charge in [-0.15, -0.1) is 0 Å². The predicted octanol–water partition coefficient (Wildman–Crippen LogP) is 3.51. The predicted molar refractivity (Wildman–Crippen MR) is 98.8 cm³/mol. The van der Waals surface area contributed by atoms with Crippen molar-refractivity contribution in [1.82, 2.24) is 0 Å². The van der Waals surface area contributed by atoms with Crippen LogP contribution in [0.1, 0.15) is 12.0 Å². The number of halogens is 1. The Morgan fingerprint density at radius 2 is 1.93 bits per heavy atom. The topological polar surface area (TPSA) is 96.9 Å². The van der Waals surface area contributed by atoms with Crippen molar-refractivity contribution in [3.63, 3.8) is 0 Å². The van der Waals surface area contributed by atoms with Crippen molar-refractivity contribution < 1.29 is 28.6 Å². The Bertz CT molecular complexity index is 797. The number of anilines is 2. The molecule has 8 heteroatoms. The summed E-state index contributed by atoms with van der Waals surface area (Å²) in [6.45, 7) is 0.607. The van der Waals surface area contributed by atoms with E-state index >= 15 is 0 Å². The number of carboxylic acid groups (broad SMARTS) is 1. The Balaban J connectivity index is 2.02. The number of ether oxygens (including phenoxy) is 2. The molecule has 144 valence electrons. The molecule has 0 bridgehead atoms. The fourth-order valence-corrected chi connectivity index (χ4v) is 2.30. The van der Waals surface area contributed by atoms with Gasteiger partial charge in [0.1, 0.15) is 18.2 Å². The summed E-state index contributed by atoms with van der Waals surface area (Å²) < 4.78 is 23.9. The standard InChI is InChI=1S/C19H21FN2O5/c1-26-9-10-27-17-7-6-14(20)12-16(17)22-19(25)21-15-4-2-3-13(11-15)5-8-18(23)24/h2-4,6-7,11-12H,5,8-10H2,1H3,(H,23,24)(H2,21,22,25). The van der Waals surface area contributed by atoms with Crippen LogP contribution in [-0.4, -0.2) is 37.4 Å². The van der Waals surface area contributed by atoms with Gasteiger partial charge in [0.15, 0.2) is 0 Å². The molecule has 0 aliphatic carbocycles. The van der Waals surface area contributed by atoms with Gasteiger partial charge in [-0.3, -0.25) is 4.79 Å². The van der Waals surface area contributed by atoms with E-state index in [1.54, 1.807) is 24.3 Å². The van der Waals surface area contributed by atoms with Gasteiger partial charge in [0, 0.05) is 25.3 Å². The molecule has 2 aromatic carbocycles. The SMILES string of the molecule is COCCOc1ccc(F)cc1NC(=O)Nc1cccc(CCC(=O)O)c1. The van der Waals surface area contributed by atoms with Crippen LogP contribution >= 0.6 is 0 Å². The number of carbonyl (C=O) groups is 2. The van der Waals surface area contributed by atoms with Gasteiger partial charge in [0.2, 0.25) is 0 Å². The molecule has 0 saturated carbocycles. The van der Waals surface area contributed by atoms with E-state index in [1.165, 1.54) is 19.2 Å². The smallest absolute Gasteiger partial charge is 0.323 e. The van der Waals surface area contributed by atoms with Crippen LogP contribution in [-0.2, 0) is 16.0 Å². The number of hydrogen-bond acceptors (Lipinski definition) is 4. The van der Waals surface area contributed by atoms with Crippen molar-refractivity contribution in [1.29, 1.82) is 0 Å². The molecule has 2 aromatic rings. The first-order chi connectivity index (χ1) is 13.0. The molecule has 0 aromatic heterocycles. The second kappa shape index (κ2) is 10.1. The van der Waals surface area contributed by atoms with Crippen LogP contribution in [0.15, 0.2) is 42.5 Å². The number of aryl methyl sites for hydroxylation is 1. The minimum Gasteiger partial charge on any atom is -0.489 e. The minimum atomic E-state index is -0.891. The summed E-state index contributed by atoms with van der Waals surface area (Å²) in [4.78, 5) is 22.9. The number of carbonyl (C=O) groups excluding carboxylic acids is 1. The lowest BCUT2D eigenvalue weighted by atomic mass is 10.1. The maximum absolute atomic E-state index is 13.5. The Morgan fingerprint density at radius 1 is 1.11 bits per heavy atom. The molecule has 2 rings (SSSR count). The number of benzene rings is 2. The monoisotopic (exact) mass is 376 g/mol. The average Bonchev–Trinajstić information content (AvgIpc) is 2.62. The van der Waals surface area contributed by atoms with Crippen molar-refractivity contribution in [2.24, 2.45) is 0 Å². The number of urea groups is 1. The molecule has 0 fully saturated rings. The lowest BCUT2D eigenvalue weighted by molar-refractivity contribution is -0.136. The van der Waals surface area contributed by atoms with Gasteiger partial charge in [-0.25, -0.2) is 9.18 Å². The number of rotatable bonds is 9. The molecule has 27 heavy (non-hydrogen) atoms. The molecule has 2 amide bonds. The number of nitrogens with one attached hydrogen (secondary N) is 2. The third-order valence-corrected chi connectivity index (χ3v) is 3.55. The highest BCUT2D eigenvalue weighted by molar-refractivity contribution is 6.00. The Labute approximate surface area is 156 Å². The van der Waals surface area contributed by atoms with Gasteiger partial charge in [-0.05, 0) is 36.2 Å². The summed E-state index contributed by atoms with van der Waals surface area (Å²) in [5.41, 5.74) is 1.46. The van der Waals surface area contributed by atoms with Gasteiger partial charge < -0.3 is 25.2 Å². The first-order valence-corrected chi connectivity index (χ1v) is 8.28. The van der Waals surface area contributed by atoms with E-state index in [4.69, 9.17) is 14.6 Å². The molecule has 0 aliphatic rings. The van der Waals surface area contributed by atoms with Crippen molar-refractivity contribution in [3.05, 3.63) is 53.8 Å². The van der Waals surface area contributed by atoms with Crippen LogP contribution in [0.2, 0.25) is 0 Å². The Hall–Kier alpha value is -3.13. The van der Waals surface area contributed by atoms with Crippen LogP contribution in [0.5, 0.6) is 5.75 Å². The largest absolute Gasteiger partial charge is 0.489 e. The second-order valence-electron chi connectivity index (χ2n) is 5.65. The third-order valence-electron chi connectivity index (χ3n) is 3.55. The summed E-state index contributed by atoms with van der Waals surface area (Å²) in [5.74, 6) is -1.09. The molecule has 0 aliphatic heterocycles. The van der Waals surface area contributed by atoms with Crippen LogP contribution in [0.3, 0.4) is 0 Å². The van der Waals surface area contributed by atoms with E-state index in [2.05, 4.69) is 10.6 Å². The molecule has 3 N–H and O–H groups in total. The summed E-state index contributed by atoms with van der Waals surface area (Å²) in [6.07, 6.45) is 0.356. The minimum absolute atomic E-state index is 0.00111. The van der Waals surface area contributed by atoms with Crippen molar-refractivity contribution in [2.75, 3.05) is 31.0 Å². The third kappa shape index (κ3) is 6.95. The quantitative estimate of drug-likeness (QED) is 0.582. The first-order valence-electron chi connectivity index (χ1n) is 8.28. The fraction of sp³-hybridized carbons (Fsp3) is 0.263. The zero-order chi connectivity index (χ0) is 19.6. The van der Waals surface area contributed by atoms with Gasteiger partial charge >= 0.3 is 12.0 Å². The normalized spacial score (nSPS) is 10.3. The van der Waals surface area contributed by atoms with E-state index in [0.717, 1.165) is 11.6 Å². The molecule has 0 spiro atoms. The van der Waals surface area contributed by atoms with Crippen LogP contribution in [0, 0.1) is 5.82 Å². The summed E-state index contributed by atoms with van der Waals surface area (Å²) in [5, 5.41) is 13.9. The number of aliphatic carboxylic acids is 1. The van der Waals surface area contributed by atoms with Crippen molar-refractivity contribution in [2.45, 2.75) is 12.8 Å². The zero-order valence-electron chi connectivity index (χ0n) is 14.8. The maximum atomic E-state index is 13.5. The second-order valence-corrected chi connectivity index (χ2v) is 5.65. The molecular formula is C19H21FN2O5. The summed E-state index contributed by atoms with van der Waals surface area (Å²) in [6, 6.07) is 10.1. The molecule has 0 atom stereocenters. The average molecular weight is 376 g/mol. The van der Waals surface area contributed by atoms with Gasteiger partial charge in [-0.1, -0.05) is 12.1 Å². The number of amides is 2. The van der Waals surface area contributed by atoms with Crippen molar-refractivity contribution in [3.8, 4) is 5.75 Å². The van der Waals surface area contributed by atoms with Crippen LogP contribution in [0.4, 0.5) is 20.6 Å². The number of carboxylic acids is 1. The van der Waals surface area contributed by atoms with Crippen LogP contribution < -0.4 is 15.4 Å². The number of methoxy groups -OCH3 is 1. The van der Waals surface area contributed by atoms with Gasteiger partial charge in [-0.2, -0.15) is 0 Å². The van der Waals surface area contributed by atoms with E-state index in [0.29, 0.717) is 24.5 Å². The molecule has 0 heterocycles. The highest BCUT2D eigenvalue weighted by Gasteiger charge is 2.10. The summed E-state index contributed by atoms with van der Waals surface area (Å²) in [7, 11) is 1.53. The Morgan fingerprint density at radius 3 is 2.67 bits per heavy atom. The van der Waals surface area contributed by atoms with Crippen molar-refractivity contribution >= 4 is 23.4 Å². The zero-order valence-corrected chi connectivity index (χ0v) is 14.8. The van der Waals surface area contributed by atoms with Gasteiger partial charge in [0.05, 0.1) is 12.3 Å². The van der Waals surface area contributed by atoms with E-state index < -0.39 is 17.8 Å². The Kier molecular flexibility index (Phi) is 7.57. The molecular weight excluding hydrogens is 355 g/mol. The highest BCUT2D eigenvalue weighted by Crippen LogP contribution is 2.25. The lowest BCUT2D eigenvalue weighted by Crippen LogP contribution is -2.20. The molecule has 0 saturated heterocycles.